The largest absolute Gasteiger partial charge is 0.488 e. The highest BCUT2D eigenvalue weighted by molar-refractivity contribution is 6.31. The molecule has 3 N–H and O–H groups in total. The standard InChI is InChI=1S/C16H16ClFN2O/c1-9-6-12(16(19)20)7-10(2)15(9)21-8-11-4-3-5-13(18)14(11)17/h3-7H,8H2,1-2H3,(H3,19,20). The van der Waals surface area contributed by atoms with Crippen molar-refractivity contribution in [3.63, 3.8) is 0 Å². The second-order valence-electron chi connectivity index (χ2n) is 4.85. The fourth-order valence-electron chi connectivity index (χ4n) is 2.14. The van der Waals surface area contributed by atoms with E-state index in [0.717, 1.165) is 11.1 Å². The molecule has 2 aromatic carbocycles. The van der Waals surface area contributed by atoms with Gasteiger partial charge in [0.25, 0.3) is 0 Å². The predicted molar refractivity (Wildman–Crippen MR) is 82.7 cm³/mol. The minimum atomic E-state index is -0.460. The third-order valence-electron chi connectivity index (χ3n) is 3.17. The molecule has 5 heteroatoms. The van der Waals surface area contributed by atoms with E-state index < -0.39 is 5.82 Å². The van der Waals surface area contributed by atoms with Gasteiger partial charge in [0.05, 0.1) is 5.02 Å². The lowest BCUT2D eigenvalue weighted by molar-refractivity contribution is 0.301. The highest BCUT2D eigenvalue weighted by Crippen LogP contribution is 2.27. The van der Waals surface area contributed by atoms with E-state index in [4.69, 9.17) is 27.5 Å². The number of aryl methyl sites for hydroxylation is 2. The SMILES string of the molecule is Cc1cc(C(=N)N)cc(C)c1OCc1cccc(F)c1Cl. The first kappa shape index (κ1) is 15.3. The van der Waals surface area contributed by atoms with Gasteiger partial charge in [0.1, 0.15) is 24.0 Å². The number of hydrogen-bond acceptors (Lipinski definition) is 2. The second kappa shape index (κ2) is 6.14. The summed E-state index contributed by atoms with van der Waals surface area (Å²) in [6.45, 7) is 3.93. The van der Waals surface area contributed by atoms with E-state index in [-0.39, 0.29) is 17.5 Å². The number of nitrogens with one attached hydrogen (secondary N) is 1. The molecular weight excluding hydrogens is 291 g/mol. The summed E-state index contributed by atoms with van der Waals surface area (Å²) in [6.07, 6.45) is 0. The number of rotatable bonds is 4. The zero-order valence-corrected chi connectivity index (χ0v) is 12.6. The van der Waals surface area contributed by atoms with Crippen LogP contribution in [0.5, 0.6) is 5.75 Å². The van der Waals surface area contributed by atoms with Crippen LogP contribution in [0.3, 0.4) is 0 Å². The average molecular weight is 307 g/mol. The van der Waals surface area contributed by atoms with Crippen molar-refractivity contribution in [3.8, 4) is 5.75 Å². The molecule has 0 atom stereocenters. The molecule has 3 nitrogen and oxygen atoms in total. The normalized spacial score (nSPS) is 10.5. The summed E-state index contributed by atoms with van der Waals surface area (Å²) in [6, 6.07) is 8.21. The van der Waals surface area contributed by atoms with Gasteiger partial charge in [-0.15, -0.1) is 0 Å². The molecule has 0 saturated heterocycles. The zero-order valence-electron chi connectivity index (χ0n) is 11.8. The molecule has 0 radical (unpaired) electrons. The van der Waals surface area contributed by atoms with Gasteiger partial charge in [0.2, 0.25) is 0 Å². The van der Waals surface area contributed by atoms with Crippen molar-refractivity contribution in [1.82, 2.24) is 0 Å². The van der Waals surface area contributed by atoms with Crippen molar-refractivity contribution in [1.29, 1.82) is 5.41 Å². The fraction of sp³-hybridized carbons (Fsp3) is 0.188. The molecule has 0 aliphatic rings. The van der Waals surface area contributed by atoms with Gasteiger partial charge in [0, 0.05) is 11.1 Å². The Kier molecular flexibility index (Phi) is 4.48. The number of hydrogen-bond donors (Lipinski definition) is 2. The first-order valence-electron chi connectivity index (χ1n) is 6.41. The van der Waals surface area contributed by atoms with Crippen LogP contribution in [0.1, 0.15) is 22.3 Å². The molecule has 21 heavy (non-hydrogen) atoms. The van der Waals surface area contributed by atoms with Crippen molar-refractivity contribution < 1.29 is 9.13 Å². The van der Waals surface area contributed by atoms with Gasteiger partial charge in [0.15, 0.2) is 0 Å². The maximum atomic E-state index is 13.4. The molecule has 0 saturated carbocycles. The van der Waals surface area contributed by atoms with Gasteiger partial charge in [-0.25, -0.2) is 4.39 Å². The van der Waals surface area contributed by atoms with E-state index in [2.05, 4.69) is 0 Å². The number of ether oxygens (including phenoxy) is 1. The van der Waals surface area contributed by atoms with Crippen molar-refractivity contribution >= 4 is 17.4 Å². The van der Waals surface area contributed by atoms with Gasteiger partial charge in [-0.1, -0.05) is 23.7 Å². The molecule has 0 amide bonds. The molecule has 2 aromatic rings. The van der Waals surface area contributed by atoms with Crippen molar-refractivity contribution in [3.05, 3.63) is 63.4 Å². The van der Waals surface area contributed by atoms with Crippen LogP contribution >= 0.6 is 11.6 Å². The van der Waals surface area contributed by atoms with E-state index in [1.165, 1.54) is 6.07 Å². The molecular formula is C16H16ClFN2O. The van der Waals surface area contributed by atoms with E-state index in [9.17, 15) is 4.39 Å². The number of nitrogens with two attached hydrogens (primary N) is 1. The summed E-state index contributed by atoms with van der Waals surface area (Å²) < 4.78 is 19.1. The summed E-state index contributed by atoms with van der Waals surface area (Å²) in [5.41, 5.74) is 8.47. The van der Waals surface area contributed by atoms with Gasteiger partial charge in [-0.3, -0.25) is 5.41 Å². The molecule has 0 heterocycles. The third kappa shape index (κ3) is 3.34. The molecule has 0 aromatic heterocycles. The Balaban J connectivity index is 2.24. The lowest BCUT2D eigenvalue weighted by atomic mass is 10.1. The van der Waals surface area contributed by atoms with Crippen molar-refractivity contribution in [2.75, 3.05) is 0 Å². The quantitative estimate of drug-likeness (QED) is 0.663. The lowest BCUT2D eigenvalue weighted by Gasteiger charge is -2.14. The maximum absolute atomic E-state index is 13.4. The minimum Gasteiger partial charge on any atom is -0.488 e. The molecule has 2 rings (SSSR count). The minimum absolute atomic E-state index is 0.0147. The predicted octanol–water partition coefficient (Wildman–Crippen LogP) is 3.96. The summed E-state index contributed by atoms with van der Waals surface area (Å²) in [5, 5.41) is 7.54. The topological polar surface area (TPSA) is 59.1 Å². The van der Waals surface area contributed by atoms with Gasteiger partial charge < -0.3 is 10.5 Å². The number of nitrogen functional groups attached to an aromatic ring is 1. The number of benzene rings is 2. The van der Waals surface area contributed by atoms with Crippen LogP contribution in [0, 0.1) is 25.1 Å². The third-order valence-corrected chi connectivity index (χ3v) is 3.60. The van der Waals surface area contributed by atoms with Crippen LogP contribution in [0.2, 0.25) is 5.02 Å². The Morgan fingerprint density at radius 3 is 2.48 bits per heavy atom. The van der Waals surface area contributed by atoms with Crippen LogP contribution < -0.4 is 10.5 Å². The van der Waals surface area contributed by atoms with Gasteiger partial charge in [-0.05, 0) is 43.2 Å². The average Bonchev–Trinajstić information content (AvgIpc) is 2.42. The Labute approximate surface area is 128 Å². The Morgan fingerprint density at radius 1 is 1.29 bits per heavy atom. The number of amidine groups is 1. The maximum Gasteiger partial charge on any atom is 0.142 e. The van der Waals surface area contributed by atoms with E-state index in [0.29, 0.717) is 16.9 Å². The summed E-state index contributed by atoms with van der Waals surface area (Å²) in [5.74, 6) is 0.249. The van der Waals surface area contributed by atoms with E-state index >= 15 is 0 Å². The highest BCUT2D eigenvalue weighted by atomic mass is 35.5. The molecule has 0 aliphatic heterocycles. The molecule has 0 aliphatic carbocycles. The Hall–Kier alpha value is -2.07. The monoisotopic (exact) mass is 306 g/mol. The second-order valence-corrected chi connectivity index (χ2v) is 5.23. The summed E-state index contributed by atoms with van der Waals surface area (Å²) in [4.78, 5) is 0. The van der Waals surface area contributed by atoms with Crippen LogP contribution in [0.4, 0.5) is 4.39 Å². The van der Waals surface area contributed by atoms with Crippen molar-refractivity contribution in [2.45, 2.75) is 20.5 Å². The molecule has 0 bridgehead atoms. The molecule has 0 unspecified atom stereocenters. The first-order chi connectivity index (χ1) is 9.90. The summed E-state index contributed by atoms with van der Waals surface area (Å²) in [7, 11) is 0. The Bertz CT molecular complexity index is 678. The fourth-order valence-corrected chi connectivity index (χ4v) is 2.32. The molecule has 0 spiro atoms. The highest BCUT2D eigenvalue weighted by Gasteiger charge is 2.10. The first-order valence-corrected chi connectivity index (χ1v) is 6.79. The van der Waals surface area contributed by atoms with Crippen LogP contribution in [0.15, 0.2) is 30.3 Å². The van der Waals surface area contributed by atoms with Crippen LogP contribution in [0.25, 0.3) is 0 Å². The van der Waals surface area contributed by atoms with Crippen molar-refractivity contribution in [2.24, 2.45) is 5.73 Å². The molecule has 0 fully saturated rings. The number of halogens is 2. The molecule has 110 valence electrons. The van der Waals surface area contributed by atoms with Crippen LogP contribution in [-0.2, 0) is 6.61 Å². The Morgan fingerprint density at radius 2 is 1.90 bits per heavy atom. The zero-order chi connectivity index (χ0) is 15.6. The van der Waals surface area contributed by atoms with E-state index in [1.54, 1.807) is 24.3 Å². The van der Waals surface area contributed by atoms with Crippen LogP contribution in [-0.4, -0.2) is 5.84 Å². The lowest BCUT2D eigenvalue weighted by Crippen LogP contribution is -2.12. The summed E-state index contributed by atoms with van der Waals surface area (Å²) >= 11 is 5.91. The smallest absolute Gasteiger partial charge is 0.142 e. The van der Waals surface area contributed by atoms with Gasteiger partial charge >= 0.3 is 0 Å². The van der Waals surface area contributed by atoms with E-state index in [1.807, 2.05) is 13.8 Å². The van der Waals surface area contributed by atoms with Gasteiger partial charge in [-0.2, -0.15) is 0 Å².